The average molecular weight is 163 g/mol. The summed E-state index contributed by atoms with van der Waals surface area (Å²) in [6.07, 6.45) is 7.89. The van der Waals surface area contributed by atoms with Gasteiger partial charge in [-0.3, -0.25) is 4.99 Å². The highest BCUT2D eigenvalue weighted by atomic mass is 16.5. The van der Waals surface area contributed by atoms with Gasteiger partial charge in [0, 0.05) is 13.1 Å². The zero-order chi connectivity index (χ0) is 8.97. The summed E-state index contributed by atoms with van der Waals surface area (Å²) in [7, 11) is 3.44. The van der Waals surface area contributed by atoms with E-state index in [2.05, 4.69) is 4.99 Å². The second-order valence-electron chi connectivity index (χ2n) is 2.44. The summed E-state index contributed by atoms with van der Waals surface area (Å²) < 4.78 is 5.08. The van der Waals surface area contributed by atoms with E-state index in [4.69, 9.17) is 4.74 Å². The number of hydrogen-bond acceptors (Lipinski definition) is 2. The first-order valence-electron chi connectivity index (χ1n) is 3.89. The number of methoxy groups -OCH3 is 1. The Bertz CT molecular complexity index is 282. The van der Waals surface area contributed by atoms with Gasteiger partial charge in [0.25, 0.3) is 0 Å². The number of aliphatic imine (C=N–C) groups is 1. The van der Waals surface area contributed by atoms with Crippen molar-refractivity contribution in [3.05, 3.63) is 35.6 Å². The quantitative estimate of drug-likeness (QED) is 0.580. The number of nitrogens with zero attached hydrogens (tertiary/aromatic N) is 1. The molecule has 2 heteroatoms. The van der Waals surface area contributed by atoms with E-state index in [-0.39, 0.29) is 0 Å². The van der Waals surface area contributed by atoms with Crippen LogP contribution in [0.3, 0.4) is 0 Å². The van der Waals surface area contributed by atoms with Gasteiger partial charge in [-0.05, 0) is 24.6 Å². The van der Waals surface area contributed by atoms with E-state index in [1.807, 2.05) is 31.2 Å². The molecule has 0 aromatic heterocycles. The Labute approximate surface area is 73.0 Å². The molecule has 1 aliphatic rings. The van der Waals surface area contributed by atoms with Crippen LogP contribution in [0.25, 0.3) is 0 Å². The Morgan fingerprint density at radius 2 is 2.17 bits per heavy atom. The minimum atomic E-state index is 0.848. The highest BCUT2D eigenvalue weighted by Gasteiger charge is 2.06. The van der Waals surface area contributed by atoms with Crippen LogP contribution in [0.5, 0.6) is 0 Å². The van der Waals surface area contributed by atoms with Crippen molar-refractivity contribution in [2.75, 3.05) is 14.2 Å². The molecule has 0 fully saturated rings. The maximum atomic E-state index is 5.08. The van der Waals surface area contributed by atoms with Gasteiger partial charge in [0.05, 0.1) is 12.8 Å². The second kappa shape index (κ2) is 3.90. The number of hydrogen-bond donors (Lipinski definition) is 0. The average Bonchev–Trinajstić information content (AvgIpc) is 2.16. The molecule has 0 heterocycles. The molecule has 0 radical (unpaired) electrons. The normalized spacial score (nSPS) is 23.1. The van der Waals surface area contributed by atoms with Gasteiger partial charge in [-0.1, -0.05) is 6.08 Å². The Morgan fingerprint density at radius 1 is 1.42 bits per heavy atom. The number of ether oxygens (including phenoxy) is 1. The minimum Gasteiger partial charge on any atom is -0.497 e. The molecule has 0 aromatic rings. The third-order valence-corrected chi connectivity index (χ3v) is 1.79. The first-order valence-corrected chi connectivity index (χ1v) is 3.89. The lowest BCUT2D eigenvalue weighted by molar-refractivity contribution is 0.307. The molecule has 1 rings (SSSR count). The molecule has 0 aromatic carbocycles. The fraction of sp³-hybridized carbons (Fsp3) is 0.300. The van der Waals surface area contributed by atoms with Crippen LogP contribution in [0.2, 0.25) is 0 Å². The van der Waals surface area contributed by atoms with Gasteiger partial charge < -0.3 is 4.74 Å². The highest BCUT2D eigenvalue weighted by molar-refractivity contribution is 6.11. The minimum absolute atomic E-state index is 0.848. The molecular formula is C10H13NO. The summed E-state index contributed by atoms with van der Waals surface area (Å²) in [5, 5.41) is 0. The van der Waals surface area contributed by atoms with Crippen LogP contribution in [0.15, 0.2) is 40.6 Å². The molecule has 64 valence electrons. The van der Waals surface area contributed by atoms with Crippen molar-refractivity contribution in [2.24, 2.45) is 4.99 Å². The van der Waals surface area contributed by atoms with E-state index in [1.165, 1.54) is 0 Å². The van der Waals surface area contributed by atoms with Gasteiger partial charge in [-0.2, -0.15) is 0 Å². The van der Waals surface area contributed by atoms with E-state index >= 15 is 0 Å². The lowest BCUT2D eigenvalue weighted by atomic mass is 10.0. The van der Waals surface area contributed by atoms with E-state index in [9.17, 15) is 0 Å². The molecule has 0 atom stereocenters. The summed E-state index contributed by atoms with van der Waals surface area (Å²) >= 11 is 0. The van der Waals surface area contributed by atoms with Crippen LogP contribution in [0, 0.1) is 0 Å². The van der Waals surface area contributed by atoms with Crippen molar-refractivity contribution >= 4 is 5.71 Å². The Morgan fingerprint density at radius 3 is 2.67 bits per heavy atom. The summed E-state index contributed by atoms with van der Waals surface area (Å²) in [4.78, 5) is 4.14. The van der Waals surface area contributed by atoms with Crippen LogP contribution >= 0.6 is 0 Å². The first kappa shape index (κ1) is 8.78. The van der Waals surface area contributed by atoms with E-state index < -0.39 is 0 Å². The largest absolute Gasteiger partial charge is 0.497 e. The third-order valence-electron chi connectivity index (χ3n) is 1.79. The summed E-state index contributed by atoms with van der Waals surface area (Å²) in [5.41, 5.74) is 2.11. The van der Waals surface area contributed by atoms with E-state index in [1.54, 1.807) is 14.2 Å². The van der Waals surface area contributed by atoms with Gasteiger partial charge in [0.15, 0.2) is 0 Å². The molecule has 0 bridgehead atoms. The maximum absolute atomic E-state index is 5.08. The van der Waals surface area contributed by atoms with Crippen molar-refractivity contribution in [3.8, 4) is 0 Å². The van der Waals surface area contributed by atoms with Gasteiger partial charge in [-0.25, -0.2) is 0 Å². The van der Waals surface area contributed by atoms with Crippen molar-refractivity contribution in [3.63, 3.8) is 0 Å². The predicted molar refractivity (Wildman–Crippen MR) is 51.3 cm³/mol. The summed E-state index contributed by atoms with van der Waals surface area (Å²) in [6, 6.07) is 0. The lowest BCUT2D eigenvalue weighted by Gasteiger charge is -2.09. The molecule has 0 aliphatic heterocycles. The molecular weight excluding hydrogens is 150 g/mol. The van der Waals surface area contributed by atoms with E-state index in [0.717, 1.165) is 17.0 Å². The smallest absolute Gasteiger partial charge is 0.121 e. The van der Waals surface area contributed by atoms with Gasteiger partial charge in [-0.15, -0.1) is 0 Å². The van der Waals surface area contributed by atoms with Crippen molar-refractivity contribution in [2.45, 2.75) is 6.92 Å². The summed E-state index contributed by atoms with van der Waals surface area (Å²) in [5.74, 6) is 0.848. The molecule has 0 amide bonds. The summed E-state index contributed by atoms with van der Waals surface area (Å²) in [6.45, 7) is 2.00. The van der Waals surface area contributed by atoms with Crippen molar-refractivity contribution in [1.29, 1.82) is 0 Å². The van der Waals surface area contributed by atoms with Gasteiger partial charge in [0.2, 0.25) is 0 Å². The standard InChI is InChI=1S/C10H13NO/c1-4-8-5-6-9(12-3)7-10(8)11-2/h4-7H,1-3H3/b8-4-,11-10?. The molecule has 0 N–H and O–H groups in total. The van der Waals surface area contributed by atoms with E-state index in [0.29, 0.717) is 0 Å². The van der Waals surface area contributed by atoms with Crippen molar-refractivity contribution < 1.29 is 4.74 Å². The zero-order valence-corrected chi connectivity index (χ0v) is 7.66. The monoisotopic (exact) mass is 163 g/mol. The topological polar surface area (TPSA) is 21.6 Å². The van der Waals surface area contributed by atoms with Crippen LogP contribution in [0.1, 0.15) is 6.92 Å². The Hall–Kier alpha value is -1.31. The zero-order valence-electron chi connectivity index (χ0n) is 7.66. The fourth-order valence-corrected chi connectivity index (χ4v) is 1.09. The molecule has 2 nitrogen and oxygen atoms in total. The molecule has 0 saturated heterocycles. The Kier molecular flexibility index (Phi) is 2.86. The molecule has 12 heavy (non-hydrogen) atoms. The van der Waals surface area contributed by atoms with Gasteiger partial charge in [0.1, 0.15) is 5.76 Å². The van der Waals surface area contributed by atoms with Crippen molar-refractivity contribution in [1.82, 2.24) is 0 Å². The third kappa shape index (κ3) is 1.64. The second-order valence-corrected chi connectivity index (χ2v) is 2.44. The number of rotatable bonds is 1. The molecule has 0 unspecified atom stereocenters. The maximum Gasteiger partial charge on any atom is 0.121 e. The predicted octanol–water partition coefficient (Wildman–Crippen LogP) is 2.10. The molecule has 0 saturated carbocycles. The highest BCUT2D eigenvalue weighted by Crippen LogP contribution is 2.13. The lowest BCUT2D eigenvalue weighted by Crippen LogP contribution is -2.03. The SMILES string of the molecule is C/C=C1/C=CC(OC)=CC1=NC. The fourth-order valence-electron chi connectivity index (χ4n) is 1.09. The van der Waals surface area contributed by atoms with Crippen LogP contribution in [0.4, 0.5) is 0 Å². The number of allylic oxidation sites excluding steroid dienone is 5. The van der Waals surface area contributed by atoms with Gasteiger partial charge >= 0.3 is 0 Å². The van der Waals surface area contributed by atoms with Crippen LogP contribution in [-0.2, 0) is 4.74 Å². The molecule has 0 spiro atoms. The van der Waals surface area contributed by atoms with Crippen LogP contribution < -0.4 is 0 Å². The van der Waals surface area contributed by atoms with Crippen LogP contribution in [-0.4, -0.2) is 19.9 Å². The first-order chi connectivity index (χ1) is 5.81. The molecule has 1 aliphatic carbocycles. The Balaban J connectivity index is 2.98.